The molecule has 0 aliphatic heterocycles. The van der Waals surface area contributed by atoms with E-state index < -0.39 is 11.9 Å². The monoisotopic (exact) mass is 220 g/mol. The Bertz CT molecular complexity index is 475. The summed E-state index contributed by atoms with van der Waals surface area (Å²) in [4.78, 5) is 5.88. The summed E-state index contributed by atoms with van der Waals surface area (Å²) in [7, 11) is 0. The Balaban J connectivity index is 2.63. The van der Waals surface area contributed by atoms with Gasteiger partial charge in [0.05, 0.1) is 0 Å². The first-order valence-electron chi connectivity index (χ1n) is 3.69. The minimum atomic E-state index is -4.38. The Labute approximate surface area is 81.7 Å². The van der Waals surface area contributed by atoms with Crippen molar-refractivity contribution in [2.24, 2.45) is 0 Å². The van der Waals surface area contributed by atoms with Crippen molar-refractivity contribution in [3.63, 3.8) is 0 Å². The van der Waals surface area contributed by atoms with Crippen molar-refractivity contribution < 1.29 is 13.2 Å². The van der Waals surface area contributed by atoms with E-state index >= 15 is 0 Å². The number of hydrogen-bond acceptors (Lipinski definition) is 1. The molecule has 0 fully saturated rings. The van der Waals surface area contributed by atoms with E-state index in [1.165, 1.54) is 12.1 Å². The van der Waals surface area contributed by atoms with E-state index in [-0.39, 0.29) is 10.8 Å². The maximum Gasteiger partial charge on any atom is 0.431 e. The summed E-state index contributed by atoms with van der Waals surface area (Å²) in [6.45, 7) is 0. The van der Waals surface area contributed by atoms with Gasteiger partial charge in [0.1, 0.15) is 16.5 Å². The van der Waals surface area contributed by atoms with Gasteiger partial charge in [0.25, 0.3) is 0 Å². The highest BCUT2D eigenvalue weighted by atomic mass is 35.5. The van der Waals surface area contributed by atoms with Crippen LogP contribution in [0, 0.1) is 0 Å². The quantitative estimate of drug-likeness (QED) is 0.679. The number of nitrogens with zero attached hydrogens (tertiary/aromatic N) is 1. The molecule has 6 heteroatoms. The van der Waals surface area contributed by atoms with Crippen molar-refractivity contribution >= 4 is 22.6 Å². The van der Waals surface area contributed by atoms with Gasteiger partial charge >= 0.3 is 6.18 Å². The first-order valence-corrected chi connectivity index (χ1v) is 4.07. The third-order valence-corrected chi connectivity index (χ3v) is 1.96. The minimum absolute atomic E-state index is 0.143. The highest BCUT2D eigenvalue weighted by molar-refractivity contribution is 6.29. The van der Waals surface area contributed by atoms with Gasteiger partial charge in [0.15, 0.2) is 0 Å². The number of pyridine rings is 1. The van der Waals surface area contributed by atoms with E-state index in [9.17, 15) is 13.2 Å². The molecule has 0 saturated carbocycles. The average molecular weight is 221 g/mol. The summed E-state index contributed by atoms with van der Waals surface area (Å²) in [5.74, 6) is 0. The largest absolute Gasteiger partial charge is 0.431 e. The van der Waals surface area contributed by atoms with Crippen LogP contribution in [-0.2, 0) is 6.18 Å². The number of aromatic amines is 1. The van der Waals surface area contributed by atoms with Crippen LogP contribution in [0.4, 0.5) is 13.2 Å². The summed E-state index contributed by atoms with van der Waals surface area (Å²) < 4.78 is 36.7. The number of H-pyrrole nitrogens is 1. The number of fused-ring (bicyclic) bond motifs is 1. The minimum Gasteiger partial charge on any atom is -0.336 e. The van der Waals surface area contributed by atoms with E-state index in [1.54, 1.807) is 0 Å². The van der Waals surface area contributed by atoms with Crippen LogP contribution < -0.4 is 0 Å². The Morgan fingerprint density at radius 1 is 1.29 bits per heavy atom. The van der Waals surface area contributed by atoms with Crippen molar-refractivity contribution in [1.82, 2.24) is 9.97 Å². The van der Waals surface area contributed by atoms with Crippen LogP contribution >= 0.6 is 11.6 Å². The Kier molecular flexibility index (Phi) is 1.92. The predicted octanol–water partition coefficient (Wildman–Crippen LogP) is 3.24. The Hall–Kier alpha value is -1.23. The standard InChI is InChI=1S/C8H4ClF3N2/c9-6-2-1-4-3-5(8(10,11)12)13-7(4)14-6/h1-3H,(H,13,14). The third-order valence-electron chi connectivity index (χ3n) is 1.75. The maximum absolute atomic E-state index is 12.2. The van der Waals surface area contributed by atoms with Crippen molar-refractivity contribution in [3.8, 4) is 0 Å². The number of aromatic nitrogens is 2. The molecular formula is C8H4ClF3N2. The molecule has 0 aromatic carbocycles. The van der Waals surface area contributed by atoms with Crippen LogP contribution in [0.25, 0.3) is 11.0 Å². The predicted molar refractivity (Wildman–Crippen MR) is 46.1 cm³/mol. The molecule has 0 atom stereocenters. The van der Waals surface area contributed by atoms with Gasteiger partial charge in [0.2, 0.25) is 0 Å². The van der Waals surface area contributed by atoms with Gasteiger partial charge in [-0.1, -0.05) is 11.6 Å². The van der Waals surface area contributed by atoms with Crippen LogP contribution in [-0.4, -0.2) is 9.97 Å². The van der Waals surface area contributed by atoms with Gasteiger partial charge in [-0.3, -0.25) is 0 Å². The van der Waals surface area contributed by atoms with Crippen molar-refractivity contribution in [3.05, 3.63) is 29.0 Å². The summed E-state index contributed by atoms with van der Waals surface area (Å²) in [6.07, 6.45) is -4.38. The molecule has 0 amide bonds. The maximum atomic E-state index is 12.2. The fraction of sp³-hybridized carbons (Fsp3) is 0.125. The third kappa shape index (κ3) is 1.55. The fourth-order valence-corrected chi connectivity index (χ4v) is 1.28. The number of hydrogen-bond donors (Lipinski definition) is 1. The van der Waals surface area contributed by atoms with Gasteiger partial charge in [-0.2, -0.15) is 13.2 Å². The molecule has 0 aliphatic rings. The summed E-state index contributed by atoms with van der Waals surface area (Å²) in [5, 5.41) is 0.551. The lowest BCUT2D eigenvalue weighted by Crippen LogP contribution is -2.04. The highest BCUT2D eigenvalue weighted by Crippen LogP contribution is 2.30. The zero-order valence-electron chi connectivity index (χ0n) is 6.69. The van der Waals surface area contributed by atoms with Crippen LogP contribution in [0.3, 0.4) is 0 Å². The van der Waals surface area contributed by atoms with Crippen LogP contribution in [0.15, 0.2) is 18.2 Å². The fourth-order valence-electron chi connectivity index (χ4n) is 1.13. The molecule has 2 aromatic rings. The van der Waals surface area contributed by atoms with Crippen LogP contribution in [0.5, 0.6) is 0 Å². The number of nitrogens with one attached hydrogen (secondary N) is 1. The zero-order chi connectivity index (χ0) is 10.3. The molecule has 1 N–H and O–H groups in total. The lowest BCUT2D eigenvalue weighted by atomic mass is 10.3. The molecule has 0 saturated heterocycles. The molecule has 74 valence electrons. The molecule has 0 unspecified atom stereocenters. The second-order valence-corrected chi connectivity index (χ2v) is 3.14. The van der Waals surface area contributed by atoms with E-state index in [0.29, 0.717) is 5.39 Å². The molecule has 0 spiro atoms. The summed E-state index contributed by atoms with van der Waals surface area (Å²) >= 11 is 5.53. The highest BCUT2D eigenvalue weighted by Gasteiger charge is 2.32. The van der Waals surface area contributed by atoms with Gasteiger partial charge in [-0.15, -0.1) is 0 Å². The number of halogens is 4. The molecule has 0 aliphatic carbocycles. The van der Waals surface area contributed by atoms with E-state index in [1.807, 2.05) is 0 Å². The van der Waals surface area contributed by atoms with Crippen molar-refractivity contribution in [1.29, 1.82) is 0 Å². The van der Waals surface area contributed by atoms with Gasteiger partial charge in [0, 0.05) is 5.39 Å². The smallest absolute Gasteiger partial charge is 0.336 e. The lowest BCUT2D eigenvalue weighted by Gasteiger charge is -2.00. The van der Waals surface area contributed by atoms with E-state index in [0.717, 1.165) is 6.07 Å². The van der Waals surface area contributed by atoms with Gasteiger partial charge < -0.3 is 4.98 Å². The van der Waals surface area contributed by atoms with Gasteiger partial charge in [-0.25, -0.2) is 4.98 Å². The second-order valence-electron chi connectivity index (χ2n) is 2.75. The average Bonchev–Trinajstić information content (AvgIpc) is 2.45. The molecule has 0 radical (unpaired) electrons. The molecule has 0 bridgehead atoms. The first-order chi connectivity index (χ1) is 6.47. The number of rotatable bonds is 0. The number of alkyl halides is 3. The summed E-state index contributed by atoms with van der Waals surface area (Å²) in [6, 6.07) is 3.92. The normalized spacial score (nSPS) is 12.3. The SMILES string of the molecule is FC(F)(F)c1cc2ccc(Cl)nc2[nH]1. The topological polar surface area (TPSA) is 28.7 Å². The molecule has 2 aromatic heterocycles. The van der Waals surface area contributed by atoms with Crippen molar-refractivity contribution in [2.45, 2.75) is 6.18 Å². The molecule has 2 heterocycles. The molecular weight excluding hydrogens is 217 g/mol. The summed E-state index contributed by atoms with van der Waals surface area (Å²) in [5.41, 5.74) is -0.674. The van der Waals surface area contributed by atoms with E-state index in [2.05, 4.69) is 9.97 Å². The van der Waals surface area contributed by atoms with Crippen LogP contribution in [0.2, 0.25) is 5.15 Å². The van der Waals surface area contributed by atoms with E-state index in [4.69, 9.17) is 11.6 Å². The van der Waals surface area contributed by atoms with Gasteiger partial charge in [-0.05, 0) is 18.2 Å². The molecule has 2 rings (SSSR count). The lowest BCUT2D eigenvalue weighted by molar-refractivity contribution is -0.140. The van der Waals surface area contributed by atoms with Crippen LogP contribution in [0.1, 0.15) is 5.69 Å². The Morgan fingerprint density at radius 3 is 2.64 bits per heavy atom. The molecule has 2 nitrogen and oxygen atoms in total. The van der Waals surface area contributed by atoms with Crippen molar-refractivity contribution in [2.75, 3.05) is 0 Å². The second kappa shape index (κ2) is 2.88. The first kappa shape index (κ1) is 9.33. The Morgan fingerprint density at radius 2 is 2.00 bits per heavy atom. The molecule has 14 heavy (non-hydrogen) atoms. The zero-order valence-corrected chi connectivity index (χ0v) is 7.45.